The van der Waals surface area contributed by atoms with E-state index < -0.39 is 5.82 Å². The molecule has 0 aromatic heterocycles. The first-order valence-corrected chi connectivity index (χ1v) is 6.20. The molecule has 1 aromatic carbocycles. The van der Waals surface area contributed by atoms with Gasteiger partial charge in [-0.15, -0.1) is 0 Å². The number of ether oxygens (including phenoxy) is 1. The number of nitrogens with one attached hydrogen (secondary N) is 1. The molecule has 3 nitrogen and oxygen atoms in total. The molecule has 0 spiro atoms. The Morgan fingerprint density at radius 3 is 2.61 bits per heavy atom. The van der Waals surface area contributed by atoms with Crippen molar-refractivity contribution in [1.29, 1.82) is 5.26 Å². The molecule has 2 unspecified atom stereocenters. The van der Waals surface area contributed by atoms with Gasteiger partial charge >= 0.3 is 0 Å². The summed E-state index contributed by atoms with van der Waals surface area (Å²) in [5.41, 5.74) is 0.660. The predicted molar refractivity (Wildman–Crippen MR) is 67.8 cm³/mol. The molecule has 2 atom stereocenters. The molecule has 96 valence electrons. The minimum atomic E-state index is -0.476. The van der Waals surface area contributed by atoms with Gasteiger partial charge in [-0.3, -0.25) is 0 Å². The maximum Gasteiger partial charge on any atom is 0.143 e. The Morgan fingerprint density at radius 1 is 1.33 bits per heavy atom. The largest absolute Gasteiger partial charge is 0.381 e. The molecule has 0 aliphatic carbocycles. The topological polar surface area (TPSA) is 45.0 Å². The van der Waals surface area contributed by atoms with Crippen LogP contribution in [0.15, 0.2) is 18.2 Å². The molecular weight excluding hydrogens is 231 g/mol. The van der Waals surface area contributed by atoms with Gasteiger partial charge in [0.05, 0.1) is 17.9 Å². The van der Waals surface area contributed by atoms with Crippen molar-refractivity contribution in [2.45, 2.75) is 44.9 Å². The lowest BCUT2D eigenvalue weighted by Crippen LogP contribution is -2.37. The molecule has 1 aromatic rings. The van der Waals surface area contributed by atoms with Crippen LogP contribution in [0.5, 0.6) is 0 Å². The van der Waals surface area contributed by atoms with Gasteiger partial charge in [0.25, 0.3) is 0 Å². The highest BCUT2D eigenvalue weighted by Gasteiger charge is 2.25. The van der Waals surface area contributed by atoms with Gasteiger partial charge in [-0.2, -0.15) is 5.26 Å². The Balaban J connectivity index is 2.14. The van der Waals surface area contributed by atoms with Crippen LogP contribution in [0.4, 0.5) is 10.1 Å². The molecule has 1 fully saturated rings. The molecule has 1 N–H and O–H groups in total. The fourth-order valence-corrected chi connectivity index (χ4v) is 2.50. The van der Waals surface area contributed by atoms with Crippen molar-refractivity contribution in [3.63, 3.8) is 0 Å². The summed E-state index contributed by atoms with van der Waals surface area (Å²) in [7, 11) is 0. The van der Waals surface area contributed by atoms with Crippen molar-refractivity contribution in [1.82, 2.24) is 0 Å². The third-order valence-electron chi connectivity index (χ3n) is 3.18. The number of hydrogen-bond donors (Lipinski definition) is 1. The van der Waals surface area contributed by atoms with E-state index in [0.29, 0.717) is 5.69 Å². The van der Waals surface area contributed by atoms with Crippen LogP contribution < -0.4 is 5.32 Å². The molecule has 2 rings (SSSR count). The quantitative estimate of drug-likeness (QED) is 0.874. The van der Waals surface area contributed by atoms with Crippen molar-refractivity contribution in [3.05, 3.63) is 29.6 Å². The van der Waals surface area contributed by atoms with Crippen LogP contribution in [-0.4, -0.2) is 18.2 Å². The predicted octanol–water partition coefficient (Wildman–Crippen LogP) is 3.07. The average molecular weight is 248 g/mol. The van der Waals surface area contributed by atoms with Crippen LogP contribution in [0.1, 0.15) is 32.3 Å². The Hall–Kier alpha value is -1.60. The van der Waals surface area contributed by atoms with Crippen molar-refractivity contribution in [2.24, 2.45) is 0 Å². The van der Waals surface area contributed by atoms with Gasteiger partial charge in [-0.25, -0.2) is 4.39 Å². The van der Waals surface area contributed by atoms with Gasteiger partial charge < -0.3 is 10.1 Å². The van der Waals surface area contributed by atoms with Crippen molar-refractivity contribution < 1.29 is 9.13 Å². The smallest absolute Gasteiger partial charge is 0.143 e. The standard InChI is InChI=1S/C14H17FN2O/c1-9-6-11(7-10(2)18-9)17-14-5-3-4-13(15)12(14)8-16/h3-5,9-11,17H,6-7H2,1-2H3. The summed E-state index contributed by atoms with van der Waals surface area (Å²) in [4.78, 5) is 0. The van der Waals surface area contributed by atoms with E-state index in [2.05, 4.69) is 5.32 Å². The minimum absolute atomic E-state index is 0.0873. The van der Waals surface area contributed by atoms with E-state index in [1.165, 1.54) is 6.07 Å². The monoisotopic (exact) mass is 248 g/mol. The van der Waals surface area contributed by atoms with Crippen LogP contribution in [0.25, 0.3) is 0 Å². The first-order valence-electron chi connectivity index (χ1n) is 6.20. The van der Waals surface area contributed by atoms with E-state index in [0.717, 1.165) is 12.8 Å². The maximum atomic E-state index is 13.5. The fourth-order valence-electron chi connectivity index (χ4n) is 2.50. The van der Waals surface area contributed by atoms with E-state index >= 15 is 0 Å². The lowest BCUT2D eigenvalue weighted by atomic mass is 9.99. The summed E-state index contributed by atoms with van der Waals surface area (Å²) in [5.74, 6) is -0.476. The molecular formula is C14H17FN2O. The number of nitrogens with zero attached hydrogens (tertiary/aromatic N) is 1. The van der Waals surface area contributed by atoms with Gasteiger partial charge in [-0.05, 0) is 38.8 Å². The summed E-state index contributed by atoms with van der Waals surface area (Å²) in [6.45, 7) is 4.06. The summed E-state index contributed by atoms with van der Waals surface area (Å²) in [6, 6.07) is 6.79. The second kappa shape index (κ2) is 5.36. The third-order valence-corrected chi connectivity index (χ3v) is 3.18. The van der Waals surface area contributed by atoms with Gasteiger partial charge in [0.15, 0.2) is 0 Å². The van der Waals surface area contributed by atoms with Crippen LogP contribution in [0.2, 0.25) is 0 Å². The molecule has 1 saturated heterocycles. The van der Waals surface area contributed by atoms with Gasteiger partial charge in [0.1, 0.15) is 17.4 Å². The number of halogens is 1. The average Bonchev–Trinajstić information content (AvgIpc) is 2.27. The normalized spacial score (nSPS) is 27.6. The van der Waals surface area contributed by atoms with Gasteiger partial charge in [0, 0.05) is 6.04 Å². The van der Waals surface area contributed by atoms with Crippen molar-refractivity contribution >= 4 is 5.69 Å². The molecule has 1 aliphatic rings. The second-order valence-corrected chi connectivity index (χ2v) is 4.84. The summed E-state index contributed by atoms with van der Waals surface area (Å²) in [6.07, 6.45) is 2.10. The van der Waals surface area contributed by atoms with E-state index in [1.807, 2.05) is 19.9 Å². The Kier molecular flexibility index (Phi) is 3.83. The zero-order valence-electron chi connectivity index (χ0n) is 10.6. The zero-order valence-corrected chi connectivity index (χ0v) is 10.6. The third kappa shape index (κ3) is 2.80. The van der Waals surface area contributed by atoms with Crippen LogP contribution >= 0.6 is 0 Å². The Morgan fingerprint density at radius 2 is 2.00 bits per heavy atom. The number of rotatable bonds is 2. The van der Waals surface area contributed by atoms with E-state index in [-0.39, 0.29) is 23.8 Å². The Labute approximate surface area is 107 Å². The molecule has 18 heavy (non-hydrogen) atoms. The van der Waals surface area contributed by atoms with E-state index in [9.17, 15) is 4.39 Å². The number of hydrogen-bond acceptors (Lipinski definition) is 3. The SMILES string of the molecule is CC1CC(Nc2cccc(F)c2C#N)CC(C)O1. The zero-order chi connectivity index (χ0) is 13.1. The first kappa shape index (κ1) is 12.8. The summed E-state index contributed by atoms with van der Waals surface area (Å²) >= 11 is 0. The first-order chi connectivity index (χ1) is 8.60. The lowest BCUT2D eigenvalue weighted by Gasteiger charge is -2.33. The molecule has 0 saturated carbocycles. The lowest BCUT2D eigenvalue weighted by molar-refractivity contribution is -0.0337. The van der Waals surface area contributed by atoms with Gasteiger partial charge in [0.2, 0.25) is 0 Å². The van der Waals surface area contributed by atoms with Crippen molar-refractivity contribution in [3.8, 4) is 6.07 Å². The highest BCUT2D eigenvalue weighted by atomic mass is 19.1. The molecule has 0 bridgehead atoms. The highest BCUT2D eigenvalue weighted by Crippen LogP contribution is 2.25. The van der Waals surface area contributed by atoms with E-state index in [1.54, 1.807) is 12.1 Å². The summed E-state index contributed by atoms with van der Waals surface area (Å²) < 4.78 is 19.1. The van der Waals surface area contributed by atoms with Crippen LogP contribution in [0, 0.1) is 17.1 Å². The molecule has 4 heteroatoms. The minimum Gasteiger partial charge on any atom is -0.381 e. The van der Waals surface area contributed by atoms with Crippen LogP contribution in [-0.2, 0) is 4.74 Å². The molecule has 0 radical (unpaired) electrons. The Bertz CT molecular complexity index is 459. The number of anilines is 1. The highest BCUT2D eigenvalue weighted by molar-refractivity contribution is 5.58. The molecule has 1 aliphatic heterocycles. The van der Waals surface area contributed by atoms with Gasteiger partial charge in [-0.1, -0.05) is 6.07 Å². The number of benzene rings is 1. The molecule has 0 amide bonds. The summed E-state index contributed by atoms with van der Waals surface area (Å²) in [5, 5.41) is 12.2. The fraction of sp³-hybridized carbons (Fsp3) is 0.500. The maximum absolute atomic E-state index is 13.5. The van der Waals surface area contributed by atoms with E-state index in [4.69, 9.17) is 10.00 Å². The van der Waals surface area contributed by atoms with Crippen molar-refractivity contribution in [2.75, 3.05) is 5.32 Å². The van der Waals surface area contributed by atoms with Crippen LogP contribution in [0.3, 0.4) is 0 Å². The second-order valence-electron chi connectivity index (χ2n) is 4.84. The molecule has 1 heterocycles. The number of nitriles is 1.